The number of nitrogens with two attached hydrogens (primary N) is 1. The summed E-state index contributed by atoms with van der Waals surface area (Å²) in [6, 6.07) is 0.323. The first-order chi connectivity index (χ1) is 8.63. The van der Waals surface area contributed by atoms with E-state index in [1.807, 2.05) is 0 Å². The van der Waals surface area contributed by atoms with E-state index in [0.717, 1.165) is 31.5 Å². The van der Waals surface area contributed by atoms with Gasteiger partial charge >= 0.3 is 0 Å². The Morgan fingerprint density at radius 1 is 1.06 bits per heavy atom. The van der Waals surface area contributed by atoms with Crippen molar-refractivity contribution in [3.8, 4) is 0 Å². The third kappa shape index (κ3) is 2.18. The fourth-order valence-electron chi connectivity index (χ4n) is 2.44. The van der Waals surface area contributed by atoms with Crippen LogP contribution in [-0.4, -0.2) is 26.0 Å². The fourth-order valence-corrected chi connectivity index (χ4v) is 2.87. The quantitative estimate of drug-likeness (QED) is 0.623. The van der Waals surface area contributed by atoms with E-state index in [2.05, 4.69) is 19.9 Å². The van der Waals surface area contributed by atoms with E-state index in [1.165, 1.54) is 0 Å². The van der Waals surface area contributed by atoms with Crippen molar-refractivity contribution in [1.29, 1.82) is 0 Å². The van der Waals surface area contributed by atoms with Crippen LogP contribution in [0.4, 0.5) is 0 Å². The van der Waals surface area contributed by atoms with Gasteiger partial charge in [0.25, 0.3) is 0 Å². The summed E-state index contributed by atoms with van der Waals surface area (Å²) < 4.78 is 0. The van der Waals surface area contributed by atoms with Crippen LogP contribution in [-0.2, 0) is 0 Å². The highest BCUT2D eigenvalue weighted by Gasteiger charge is 2.23. The maximum atomic E-state index is 6.00. The van der Waals surface area contributed by atoms with Gasteiger partial charge in [-0.3, -0.25) is 0 Å². The van der Waals surface area contributed by atoms with Crippen molar-refractivity contribution >= 4 is 34.4 Å². The van der Waals surface area contributed by atoms with Gasteiger partial charge in [-0.1, -0.05) is 11.6 Å². The lowest BCUT2D eigenvalue weighted by molar-refractivity contribution is 0.386. The smallest absolute Gasteiger partial charge is 0.225 e. The Balaban J connectivity index is 1.96. The highest BCUT2D eigenvalue weighted by atomic mass is 35.5. The number of fused-ring (bicyclic) bond motifs is 1. The lowest BCUT2D eigenvalue weighted by atomic mass is 9.86. The summed E-state index contributed by atoms with van der Waals surface area (Å²) in [4.78, 5) is 15.7. The summed E-state index contributed by atoms with van der Waals surface area (Å²) in [7, 11) is 0. The van der Waals surface area contributed by atoms with E-state index in [0.29, 0.717) is 28.3 Å². The number of nitrogens with one attached hydrogen (secondary N) is 1. The van der Waals surface area contributed by atoms with Crippen molar-refractivity contribution in [2.75, 3.05) is 0 Å². The zero-order chi connectivity index (χ0) is 12.7. The molecule has 2 heterocycles. The lowest BCUT2D eigenvalue weighted by Gasteiger charge is -2.24. The van der Waals surface area contributed by atoms with Crippen LogP contribution in [0.3, 0.4) is 0 Å². The molecule has 5 nitrogen and oxygen atoms in total. The summed E-state index contributed by atoms with van der Waals surface area (Å²) in [5.41, 5.74) is 7.09. The predicted octanol–water partition coefficient (Wildman–Crippen LogP) is 2.64. The van der Waals surface area contributed by atoms with Gasteiger partial charge in [0.05, 0.1) is 0 Å². The summed E-state index contributed by atoms with van der Waals surface area (Å²) in [6.45, 7) is 0. The maximum Gasteiger partial charge on any atom is 0.225 e. The van der Waals surface area contributed by atoms with E-state index < -0.39 is 0 Å². The molecule has 0 bridgehead atoms. The molecule has 2 aromatic heterocycles. The van der Waals surface area contributed by atoms with Gasteiger partial charge in [-0.05, 0) is 37.3 Å². The molecule has 1 aliphatic rings. The van der Waals surface area contributed by atoms with Crippen molar-refractivity contribution in [3.05, 3.63) is 16.3 Å². The second-order valence-electron chi connectivity index (χ2n) is 4.71. The second kappa shape index (κ2) is 4.64. The first kappa shape index (κ1) is 12.1. The fraction of sp³-hybridized carbons (Fsp3) is 0.545. The molecule has 0 atom stereocenters. The van der Waals surface area contributed by atoms with Crippen molar-refractivity contribution in [1.82, 2.24) is 19.9 Å². The number of nitrogens with zero attached hydrogens (tertiary/aromatic N) is 3. The van der Waals surface area contributed by atoms with Gasteiger partial charge in [-0.2, -0.15) is 4.98 Å². The van der Waals surface area contributed by atoms with Gasteiger partial charge in [-0.15, -0.1) is 0 Å². The number of hydrogen-bond acceptors (Lipinski definition) is 4. The van der Waals surface area contributed by atoms with Crippen LogP contribution < -0.4 is 5.73 Å². The SMILES string of the molecule is NC1CCC(c2nc3c(Cl)nc(Cl)nc3[nH]2)CC1. The highest BCUT2D eigenvalue weighted by Crippen LogP contribution is 2.32. The average Bonchev–Trinajstić information content (AvgIpc) is 2.74. The van der Waals surface area contributed by atoms with Crippen molar-refractivity contribution < 1.29 is 0 Å². The van der Waals surface area contributed by atoms with E-state index in [9.17, 15) is 0 Å². The molecule has 3 N–H and O–H groups in total. The first-order valence-electron chi connectivity index (χ1n) is 5.97. The van der Waals surface area contributed by atoms with Crippen LogP contribution in [0.5, 0.6) is 0 Å². The number of aromatic nitrogens is 4. The standard InChI is InChI=1S/C11H13Cl2N5/c12-8-7-10(18-11(13)16-8)17-9(15-7)5-1-3-6(14)4-2-5/h5-6H,1-4,14H2,(H,15,16,17,18). The third-order valence-electron chi connectivity index (χ3n) is 3.45. The van der Waals surface area contributed by atoms with Gasteiger partial charge in [-0.25, -0.2) is 9.97 Å². The molecule has 1 aliphatic carbocycles. The van der Waals surface area contributed by atoms with Crippen molar-refractivity contribution in [2.24, 2.45) is 5.73 Å². The molecule has 0 amide bonds. The summed E-state index contributed by atoms with van der Waals surface area (Å²) in [5.74, 6) is 1.31. The molecule has 0 radical (unpaired) electrons. The zero-order valence-corrected chi connectivity index (χ0v) is 11.2. The largest absolute Gasteiger partial charge is 0.328 e. The van der Waals surface area contributed by atoms with Crippen LogP contribution in [0.2, 0.25) is 10.4 Å². The summed E-state index contributed by atoms with van der Waals surface area (Å²) in [6.07, 6.45) is 4.14. The van der Waals surface area contributed by atoms with E-state index in [-0.39, 0.29) is 5.28 Å². The van der Waals surface area contributed by atoms with Gasteiger partial charge in [0.15, 0.2) is 10.8 Å². The normalized spacial score (nSPS) is 24.6. The second-order valence-corrected chi connectivity index (χ2v) is 5.41. The molecule has 1 fully saturated rings. The lowest BCUT2D eigenvalue weighted by Crippen LogP contribution is -2.26. The van der Waals surface area contributed by atoms with E-state index in [4.69, 9.17) is 28.9 Å². The van der Waals surface area contributed by atoms with Gasteiger partial charge in [0.1, 0.15) is 11.3 Å². The van der Waals surface area contributed by atoms with Crippen LogP contribution in [0, 0.1) is 0 Å². The molecule has 18 heavy (non-hydrogen) atoms. The molecule has 2 aromatic rings. The molecule has 96 valence electrons. The van der Waals surface area contributed by atoms with Gasteiger partial charge in [0.2, 0.25) is 5.28 Å². The van der Waals surface area contributed by atoms with Crippen LogP contribution in [0.25, 0.3) is 11.2 Å². The zero-order valence-electron chi connectivity index (χ0n) is 9.66. The Hall–Kier alpha value is -0.910. The minimum Gasteiger partial charge on any atom is -0.328 e. The molecule has 3 rings (SSSR count). The monoisotopic (exact) mass is 285 g/mol. The Labute approximate surface area is 114 Å². The third-order valence-corrected chi connectivity index (χ3v) is 3.88. The van der Waals surface area contributed by atoms with E-state index in [1.54, 1.807) is 0 Å². The molecular weight excluding hydrogens is 273 g/mol. The number of rotatable bonds is 1. The number of hydrogen-bond donors (Lipinski definition) is 2. The Morgan fingerprint density at radius 2 is 1.78 bits per heavy atom. The van der Waals surface area contributed by atoms with Crippen LogP contribution >= 0.6 is 23.2 Å². The summed E-state index contributed by atoms with van der Waals surface area (Å²) in [5, 5.41) is 0.424. The van der Waals surface area contributed by atoms with Crippen LogP contribution in [0.15, 0.2) is 0 Å². The molecule has 0 aromatic carbocycles. The Bertz CT molecular complexity index is 574. The number of halogens is 2. The molecule has 0 unspecified atom stereocenters. The molecule has 0 spiro atoms. The summed E-state index contributed by atoms with van der Waals surface area (Å²) >= 11 is 11.8. The predicted molar refractivity (Wildman–Crippen MR) is 70.9 cm³/mol. The van der Waals surface area contributed by atoms with Crippen molar-refractivity contribution in [2.45, 2.75) is 37.6 Å². The maximum absolute atomic E-state index is 6.00. The van der Waals surface area contributed by atoms with Gasteiger partial charge in [0, 0.05) is 12.0 Å². The number of H-pyrrole nitrogens is 1. The molecule has 0 aliphatic heterocycles. The van der Waals surface area contributed by atoms with E-state index >= 15 is 0 Å². The Morgan fingerprint density at radius 3 is 2.50 bits per heavy atom. The minimum absolute atomic E-state index is 0.133. The average molecular weight is 286 g/mol. The van der Waals surface area contributed by atoms with Gasteiger partial charge < -0.3 is 10.7 Å². The van der Waals surface area contributed by atoms with Crippen LogP contribution in [0.1, 0.15) is 37.4 Å². The highest BCUT2D eigenvalue weighted by molar-refractivity contribution is 6.35. The number of aromatic amines is 1. The molecule has 1 saturated carbocycles. The minimum atomic E-state index is 0.133. The van der Waals surface area contributed by atoms with Crippen molar-refractivity contribution in [3.63, 3.8) is 0 Å². The Kier molecular flexibility index (Phi) is 3.13. The molecular formula is C11H13Cl2N5. The first-order valence-corrected chi connectivity index (χ1v) is 6.73. The molecule has 0 saturated heterocycles. The number of imidazole rings is 1. The topological polar surface area (TPSA) is 80.5 Å². The molecule has 7 heteroatoms.